The summed E-state index contributed by atoms with van der Waals surface area (Å²) in [5, 5.41) is 10.6. The van der Waals surface area contributed by atoms with Crippen LogP contribution in [0.5, 0.6) is 0 Å². The molecule has 3 aromatic rings. The number of nitrogens with one attached hydrogen (secondary N) is 4. The highest BCUT2D eigenvalue weighted by Gasteiger charge is 2.32. The van der Waals surface area contributed by atoms with Gasteiger partial charge in [0.15, 0.2) is 0 Å². The Morgan fingerprint density at radius 1 is 1.08 bits per heavy atom. The molecule has 0 unspecified atom stereocenters. The van der Waals surface area contributed by atoms with E-state index in [0.717, 1.165) is 28.2 Å². The van der Waals surface area contributed by atoms with Gasteiger partial charge in [0, 0.05) is 23.7 Å². The third kappa shape index (κ3) is 6.56. The lowest BCUT2D eigenvalue weighted by Gasteiger charge is -2.20. The maximum atomic E-state index is 13.3. The summed E-state index contributed by atoms with van der Waals surface area (Å²) in [4.78, 5) is 38.3. The minimum absolute atomic E-state index is 0.0342. The van der Waals surface area contributed by atoms with Crippen LogP contribution in [0.1, 0.15) is 47.3 Å². The van der Waals surface area contributed by atoms with E-state index in [0.29, 0.717) is 24.2 Å². The molecule has 0 aromatic heterocycles. The summed E-state index contributed by atoms with van der Waals surface area (Å²) in [6, 6.07) is 17.5. The highest BCUT2D eigenvalue weighted by molar-refractivity contribution is 7.88. The molecule has 10 heteroatoms. The van der Waals surface area contributed by atoms with Crippen molar-refractivity contribution in [1.82, 2.24) is 15.4 Å². The summed E-state index contributed by atoms with van der Waals surface area (Å²) in [5.41, 5.74) is 2.45. The average molecular weight is 537 g/mol. The van der Waals surface area contributed by atoms with Crippen molar-refractivity contribution in [3.8, 4) is 0 Å². The fourth-order valence-corrected chi connectivity index (χ4v) is 5.50. The Kier molecular flexibility index (Phi) is 8.13. The molecule has 4 rings (SSSR count). The van der Waals surface area contributed by atoms with Crippen LogP contribution in [-0.2, 0) is 19.6 Å². The molecule has 0 radical (unpaired) electrons. The number of fused-ring (bicyclic) bond motifs is 1. The van der Waals surface area contributed by atoms with E-state index in [1.165, 1.54) is 0 Å². The Morgan fingerprint density at radius 3 is 2.53 bits per heavy atom. The molecule has 1 aliphatic rings. The smallest absolute Gasteiger partial charge is 0.252 e. The molecule has 1 heterocycles. The first-order valence-corrected chi connectivity index (χ1v) is 14.4. The topological polar surface area (TPSA) is 133 Å². The fourth-order valence-electron chi connectivity index (χ4n) is 4.78. The van der Waals surface area contributed by atoms with Gasteiger partial charge < -0.3 is 16.0 Å². The van der Waals surface area contributed by atoms with Crippen molar-refractivity contribution in [2.24, 2.45) is 5.92 Å². The number of carbonyl (C=O) groups excluding carboxylic acids is 3. The lowest BCUT2D eigenvalue weighted by atomic mass is 9.98. The predicted molar refractivity (Wildman–Crippen MR) is 147 cm³/mol. The van der Waals surface area contributed by atoms with Gasteiger partial charge in [-0.15, -0.1) is 0 Å². The van der Waals surface area contributed by atoms with Gasteiger partial charge in [-0.25, -0.2) is 13.1 Å². The number of sulfonamides is 1. The number of hydrogen-bond donors (Lipinski definition) is 4. The zero-order valence-electron chi connectivity index (χ0n) is 21.6. The number of hydrogen-bond acceptors (Lipinski definition) is 5. The monoisotopic (exact) mass is 536 g/mol. The van der Waals surface area contributed by atoms with E-state index in [2.05, 4.69) is 20.7 Å². The van der Waals surface area contributed by atoms with Crippen LogP contribution in [0.2, 0.25) is 0 Å². The van der Waals surface area contributed by atoms with Crippen LogP contribution in [-0.4, -0.2) is 45.0 Å². The van der Waals surface area contributed by atoms with Gasteiger partial charge in [-0.2, -0.15) is 0 Å². The van der Waals surface area contributed by atoms with Gasteiger partial charge in [0.05, 0.1) is 12.3 Å². The van der Waals surface area contributed by atoms with E-state index in [4.69, 9.17) is 0 Å². The van der Waals surface area contributed by atoms with Crippen molar-refractivity contribution in [3.63, 3.8) is 0 Å². The van der Waals surface area contributed by atoms with Crippen molar-refractivity contribution in [2.75, 3.05) is 18.1 Å². The van der Waals surface area contributed by atoms with Crippen LogP contribution in [0, 0.1) is 12.8 Å². The Hall–Kier alpha value is -3.76. The Bertz CT molecular complexity index is 1480. The SMILES string of the molecule is Cc1ccc(NC(=O)[C@H](C[C@@H]2CCNC2=O)NS(C)(=O)=O)cc1C(=O)N[C@H](C)c1cccc2ccccc12. The zero-order valence-corrected chi connectivity index (χ0v) is 22.4. The highest BCUT2D eigenvalue weighted by Crippen LogP contribution is 2.25. The lowest BCUT2D eigenvalue weighted by Crippen LogP contribution is -2.45. The molecule has 200 valence electrons. The molecule has 3 amide bonds. The van der Waals surface area contributed by atoms with Gasteiger partial charge in [0.2, 0.25) is 21.8 Å². The van der Waals surface area contributed by atoms with Crippen molar-refractivity contribution in [2.45, 2.75) is 38.8 Å². The Morgan fingerprint density at radius 2 is 1.82 bits per heavy atom. The Labute approximate surface area is 222 Å². The Balaban J connectivity index is 1.50. The normalized spacial score (nSPS) is 17.0. The summed E-state index contributed by atoms with van der Waals surface area (Å²) in [6.07, 6.45) is 1.53. The first-order valence-electron chi connectivity index (χ1n) is 12.5. The van der Waals surface area contributed by atoms with E-state index in [1.807, 2.05) is 49.4 Å². The first-order chi connectivity index (χ1) is 18.0. The van der Waals surface area contributed by atoms with Gasteiger partial charge in [0.25, 0.3) is 5.91 Å². The van der Waals surface area contributed by atoms with E-state index in [1.54, 1.807) is 25.1 Å². The molecular weight excluding hydrogens is 504 g/mol. The van der Waals surface area contributed by atoms with Crippen LogP contribution in [0.3, 0.4) is 0 Å². The molecule has 0 spiro atoms. The average Bonchev–Trinajstić information content (AvgIpc) is 3.27. The second-order valence-electron chi connectivity index (χ2n) is 9.74. The number of anilines is 1. The second kappa shape index (κ2) is 11.3. The molecule has 0 saturated carbocycles. The molecule has 1 fully saturated rings. The number of carbonyl (C=O) groups is 3. The van der Waals surface area contributed by atoms with Gasteiger partial charge >= 0.3 is 0 Å². The molecule has 0 bridgehead atoms. The highest BCUT2D eigenvalue weighted by atomic mass is 32.2. The fraction of sp³-hybridized carbons (Fsp3) is 0.321. The summed E-state index contributed by atoms with van der Waals surface area (Å²) in [5.74, 6) is -1.57. The molecule has 3 aromatic carbocycles. The zero-order chi connectivity index (χ0) is 27.4. The number of rotatable bonds is 9. The molecule has 4 N–H and O–H groups in total. The van der Waals surface area contributed by atoms with E-state index >= 15 is 0 Å². The maximum Gasteiger partial charge on any atom is 0.252 e. The minimum atomic E-state index is -3.71. The molecule has 9 nitrogen and oxygen atoms in total. The number of aryl methyl sites for hydroxylation is 1. The van der Waals surface area contributed by atoms with Gasteiger partial charge in [-0.1, -0.05) is 48.5 Å². The summed E-state index contributed by atoms with van der Waals surface area (Å²) in [6.45, 7) is 4.21. The lowest BCUT2D eigenvalue weighted by molar-refractivity contribution is -0.123. The molecule has 38 heavy (non-hydrogen) atoms. The van der Waals surface area contributed by atoms with Crippen molar-refractivity contribution in [3.05, 3.63) is 77.4 Å². The third-order valence-electron chi connectivity index (χ3n) is 6.74. The largest absolute Gasteiger partial charge is 0.356 e. The standard InChI is InChI=1S/C28H32N4O5S/c1-17-11-12-21(31-28(35)25(32-38(3,36)37)15-20-13-14-29-26(20)33)16-24(17)27(34)30-18(2)22-10-6-8-19-7-4-5-9-23(19)22/h4-12,16,18,20,25,32H,13-15H2,1-3H3,(H,29,33)(H,30,34)(H,31,35)/t18-,20+,25+/m1/s1. The summed E-state index contributed by atoms with van der Waals surface area (Å²) < 4.78 is 26.1. The van der Waals surface area contributed by atoms with E-state index < -0.39 is 27.9 Å². The minimum Gasteiger partial charge on any atom is -0.356 e. The van der Waals surface area contributed by atoms with Crippen LogP contribution in [0.25, 0.3) is 10.8 Å². The third-order valence-corrected chi connectivity index (χ3v) is 7.46. The van der Waals surface area contributed by atoms with E-state index in [9.17, 15) is 22.8 Å². The van der Waals surface area contributed by atoms with Gasteiger partial charge in [0.1, 0.15) is 6.04 Å². The van der Waals surface area contributed by atoms with Crippen LogP contribution in [0.15, 0.2) is 60.7 Å². The number of amides is 3. The van der Waals surface area contributed by atoms with Crippen molar-refractivity contribution < 1.29 is 22.8 Å². The molecule has 3 atom stereocenters. The second-order valence-corrected chi connectivity index (χ2v) is 11.5. The van der Waals surface area contributed by atoms with Gasteiger partial charge in [-0.05, 0) is 60.7 Å². The quantitative estimate of drug-likeness (QED) is 0.334. The molecule has 1 saturated heterocycles. The molecular formula is C28H32N4O5S. The first kappa shape index (κ1) is 27.3. The molecule has 0 aliphatic carbocycles. The van der Waals surface area contributed by atoms with Gasteiger partial charge in [-0.3, -0.25) is 14.4 Å². The summed E-state index contributed by atoms with van der Waals surface area (Å²) in [7, 11) is -3.71. The van der Waals surface area contributed by atoms with Crippen LogP contribution < -0.4 is 20.7 Å². The summed E-state index contributed by atoms with van der Waals surface area (Å²) >= 11 is 0. The molecule has 1 aliphatic heterocycles. The van der Waals surface area contributed by atoms with Crippen molar-refractivity contribution >= 4 is 44.2 Å². The number of benzene rings is 3. The van der Waals surface area contributed by atoms with Crippen molar-refractivity contribution in [1.29, 1.82) is 0 Å². The van der Waals surface area contributed by atoms with E-state index in [-0.39, 0.29) is 24.3 Å². The predicted octanol–water partition coefficient (Wildman–Crippen LogP) is 3.02. The van der Waals surface area contributed by atoms with Crippen LogP contribution >= 0.6 is 0 Å². The maximum absolute atomic E-state index is 13.3. The van der Waals surface area contributed by atoms with Crippen LogP contribution in [0.4, 0.5) is 5.69 Å².